The lowest BCUT2D eigenvalue weighted by molar-refractivity contribution is 0.459. The average Bonchev–Trinajstić information content (AvgIpc) is 3.48. The van der Waals surface area contributed by atoms with Gasteiger partial charge in [0.1, 0.15) is 34.9 Å². The van der Waals surface area contributed by atoms with Gasteiger partial charge >= 0.3 is 0 Å². The van der Waals surface area contributed by atoms with Crippen molar-refractivity contribution in [2.45, 2.75) is 18.9 Å². The molecule has 0 radical (unpaired) electrons. The van der Waals surface area contributed by atoms with E-state index in [4.69, 9.17) is 9.47 Å². The van der Waals surface area contributed by atoms with Crippen LogP contribution in [0.25, 0.3) is 0 Å². The molecule has 2 heterocycles. The molecule has 4 aromatic rings. The summed E-state index contributed by atoms with van der Waals surface area (Å²) in [6, 6.07) is 25.4. The number of imidazole rings is 1. The van der Waals surface area contributed by atoms with Crippen molar-refractivity contribution < 1.29 is 9.47 Å². The van der Waals surface area contributed by atoms with Gasteiger partial charge in [-0.1, -0.05) is 30.3 Å². The number of anilines is 1. The van der Waals surface area contributed by atoms with Crippen LogP contribution in [0.5, 0.6) is 23.0 Å². The average molecular weight is 437 g/mol. The van der Waals surface area contributed by atoms with E-state index in [0.717, 1.165) is 36.5 Å². The SMILES string of the molecule is Cn1cncc1N1CCCC1c1ccc(C#N)c(Oc2cccc(Oc3ccccc3)c2)c1. The normalized spacial score (nSPS) is 15.3. The molecule has 6 heteroatoms. The Balaban J connectivity index is 1.41. The molecule has 164 valence electrons. The van der Waals surface area contributed by atoms with E-state index >= 15 is 0 Å². The minimum absolute atomic E-state index is 0.211. The minimum atomic E-state index is 0.211. The fourth-order valence-electron chi connectivity index (χ4n) is 4.29. The molecule has 0 bridgehead atoms. The van der Waals surface area contributed by atoms with Gasteiger partial charge in [-0.3, -0.25) is 0 Å². The number of benzene rings is 3. The highest BCUT2D eigenvalue weighted by atomic mass is 16.5. The number of para-hydroxylation sites is 1. The molecule has 6 nitrogen and oxygen atoms in total. The second-order valence-electron chi connectivity index (χ2n) is 8.07. The van der Waals surface area contributed by atoms with Crippen LogP contribution in [0.4, 0.5) is 5.82 Å². The van der Waals surface area contributed by atoms with Crippen molar-refractivity contribution >= 4 is 5.82 Å². The maximum Gasteiger partial charge on any atom is 0.145 e. The maximum absolute atomic E-state index is 9.66. The largest absolute Gasteiger partial charge is 0.457 e. The van der Waals surface area contributed by atoms with Gasteiger partial charge in [0.05, 0.1) is 24.1 Å². The smallest absolute Gasteiger partial charge is 0.145 e. The Morgan fingerprint density at radius 2 is 1.73 bits per heavy atom. The highest BCUT2D eigenvalue weighted by Crippen LogP contribution is 2.38. The van der Waals surface area contributed by atoms with Crippen LogP contribution in [0.1, 0.15) is 30.0 Å². The topological polar surface area (TPSA) is 63.3 Å². The van der Waals surface area contributed by atoms with Crippen molar-refractivity contribution in [2.24, 2.45) is 7.05 Å². The quantitative estimate of drug-likeness (QED) is 0.359. The lowest BCUT2D eigenvalue weighted by Crippen LogP contribution is -2.24. The summed E-state index contributed by atoms with van der Waals surface area (Å²) in [5, 5.41) is 9.66. The third-order valence-electron chi connectivity index (χ3n) is 5.86. The van der Waals surface area contributed by atoms with E-state index in [2.05, 4.69) is 16.0 Å². The number of aromatic nitrogens is 2. The molecule has 1 saturated heterocycles. The molecule has 0 spiro atoms. The highest BCUT2D eigenvalue weighted by Gasteiger charge is 2.28. The van der Waals surface area contributed by atoms with Gasteiger partial charge in [-0.25, -0.2) is 4.98 Å². The summed E-state index contributed by atoms with van der Waals surface area (Å²) in [5.74, 6) is 3.68. The fraction of sp³-hybridized carbons (Fsp3) is 0.185. The van der Waals surface area contributed by atoms with Crippen LogP contribution in [-0.2, 0) is 7.05 Å². The first-order valence-electron chi connectivity index (χ1n) is 11.0. The molecule has 0 aliphatic carbocycles. The van der Waals surface area contributed by atoms with Gasteiger partial charge in [0.15, 0.2) is 0 Å². The van der Waals surface area contributed by atoms with E-state index < -0.39 is 0 Å². The Hall–Kier alpha value is -4.24. The van der Waals surface area contributed by atoms with Crippen molar-refractivity contribution in [1.82, 2.24) is 9.55 Å². The summed E-state index contributed by atoms with van der Waals surface area (Å²) in [6.45, 7) is 0.971. The Labute approximate surface area is 193 Å². The maximum atomic E-state index is 9.66. The molecular weight excluding hydrogens is 412 g/mol. The van der Waals surface area contributed by atoms with E-state index in [0.29, 0.717) is 22.8 Å². The molecule has 0 saturated carbocycles. The first-order chi connectivity index (χ1) is 16.2. The van der Waals surface area contributed by atoms with Gasteiger partial charge in [-0.2, -0.15) is 5.26 Å². The standard InChI is InChI=1S/C27H24N4O2/c1-30-19-29-18-27(30)31-14-6-11-25(31)20-12-13-21(17-28)26(15-20)33-24-10-5-9-23(16-24)32-22-7-3-2-4-8-22/h2-5,7-10,12-13,15-16,18-19,25H,6,11,14H2,1H3. The summed E-state index contributed by atoms with van der Waals surface area (Å²) in [5.41, 5.74) is 1.62. The summed E-state index contributed by atoms with van der Waals surface area (Å²) >= 11 is 0. The first kappa shape index (κ1) is 20.7. The lowest BCUT2D eigenvalue weighted by Gasteiger charge is -2.27. The Kier molecular flexibility index (Phi) is 5.69. The second kappa shape index (κ2) is 9.09. The van der Waals surface area contributed by atoms with Crippen molar-refractivity contribution in [3.05, 3.63) is 96.4 Å². The summed E-state index contributed by atoms with van der Waals surface area (Å²) in [4.78, 5) is 6.64. The molecule has 0 amide bonds. The van der Waals surface area contributed by atoms with Gasteiger partial charge in [0, 0.05) is 19.7 Å². The zero-order valence-corrected chi connectivity index (χ0v) is 18.4. The number of hydrogen-bond donors (Lipinski definition) is 0. The molecule has 33 heavy (non-hydrogen) atoms. The van der Waals surface area contributed by atoms with Crippen LogP contribution < -0.4 is 14.4 Å². The summed E-state index contributed by atoms with van der Waals surface area (Å²) in [7, 11) is 2.01. The van der Waals surface area contributed by atoms with Gasteiger partial charge < -0.3 is 18.9 Å². The molecule has 1 fully saturated rings. The third kappa shape index (κ3) is 4.39. The van der Waals surface area contributed by atoms with Crippen LogP contribution in [0, 0.1) is 11.3 Å². The third-order valence-corrected chi connectivity index (χ3v) is 5.86. The van der Waals surface area contributed by atoms with Gasteiger partial charge in [-0.05, 0) is 54.8 Å². The van der Waals surface area contributed by atoms with Crippen LogP contribution in [-0.4, -0.2) is 16.1 Å². The molecule has 5 rings (SSSR count). The van der Waals surface area contributed by atoms with E-state index in [1.807, 2.05) is 96.9 Å². The summed E-state index contributed by atoms with van der Waals surface area (Å²) < 4.78 is 14.2. The van der Waals surface area contributed by atoms with Crippen LogP contribution in [0.2, 0.25) is 0 Å². The van der Waals surface area contributed by atoms with Crippen molar-refractivity contribution in [1.29, 1.82) is 5.26 Å². The fourth-order valence-corrected chi connectivity index (χ4v) is 4.29. The van der Waals surface area contributed by atoms with E-state index in [1.54, 1.807) is 0 Å². The number of hydrogen-bond acceptors (Lipinski definition) is 5. The molecule has 0 N–H and O–H groups in total. The minimum Gasteiger partial charge on any atom is -0.457 e. The Morgan fingerprint density at radius 3 is 2.48 bits per heavy atom. The van der Waals surface area contributed by atoms with E-state index in [1.165, 1.54) is 0 Å². The Morgan fingerprint density at radius 1 is 0.939 bits per heavy atom. The number of rotatable bonds is 6. The van der Waals surface area contributed by atoms with Crippen molar-refractivity contribution in [2.75, 3.05) is 11.4 Å². The van der Waals surface area contributed by atoms with Gasteiger partial charge in [-0.15, -0.1) is 0 Å². The van der Waals surface area contributed by atoms with Gasteiger partial charge in [0.25, 0.3) is 0 Å². The predicted octanol–water partition coefficient (Wildman–Crippen LogP) is 6.22. The number of aryl methyl sites for hydroxylation is 1. The predicted molar refractivity (Wildman–Crippen MR) is 127 cm³/mol. The highest BCUT2D eigenvalue weighted by molar-refractivity contribution is 5.51. The molecule has 1 aromatic heterocycles. The van der Waals surface area contributed by atoms with Crippen molar-refractivity contribution in [3.8, 4) is 29.1 Å². The number of ether oxygens (including phenoxy) is 2. The van der Waals surface area contributed by atoms with E-state index in [-0.39, 0.29) is 6.04 Å². The molecule has 1 aliphatic rings. The molecular formula is C27H24N4O2. The van der Waals surface area contributed by atoms with E-state index in [9.17, 15) is 5.26 Å². The Bertz CT molecular complexity index is 1290. The number of nitriles is 1. The molecule has 3 aromatic carbocycles. The van der Waals surface area contributed by atoms with Crippen LogP contribution in [0.3, 0.4) is 0 Å². The molecule has 1 atom stereocenters. The zero-order valence-electron chi connectivity index (χ0n) is 18.4. The molecule has 1 unspecified atom stereocenters. The first-order valence-corrected chi connectivity index (χ1v) is 11.0. The lowest BCUT2D eigenvalue weighted by atomic mass is 10.0. The van der Waals surface area contributed by atoms with Crippen LogP contribution in [0.15, 0.2) is 85.3 Å². The van der Waals surface area contributed by atoms with Crippen LogP contribution >= 0.6 is 0 Å². The zero-order chi connectivity index (χ0) is 22.6. The summed E-state index contributed by atoms with van der Waals surface area (Å²) in [6.07, 6.45) is 5.86. The molecule has 1 aliphatic heterocycles. The second-order valence-corrected chi connectivity index (χ2v) is 8.07. The van der Waals surface area contributed by atoms with Gasteiger partial charge in [0.2, 0.25) is 0 Å². The van der Waals surface area contributed by atoms with Crippen molar-refractivity contribution in [3.63, 3.8) is 0 Å². The number of nitrogens with zero attached hydrogens (tertiary/aromatic N) is 4. The monoisotopic (exact) mass is 436 g/mol.